The van der Waals surface area contributed by atoms with Crippen molar-refractivity contribution in [3.8, 4) is 22.9 Å². The number of rotatable bonds is 1. The van der Waals surface area contributed by atoms with E-state index in [9.17, 15) is 19.8 Å². The molecule has 0 atom stereocenters. The fourth-order valence-corrected chi connectivity index (χ4v) is 1.79. The van der Waals surface area contributed by atoms with Gasteiger partial charge in [0.1, 0.15) is 11.1 Å². The monoisotopic (exact) mass is 286 g/mol. The molecule has 0 fully saturated rings. The van der Waals surface area contributed by atoms with E-state index in [1.807, 2.05) is 0 Å². The maximum atomic E-state index is 11.6. The van der Waals surface area contributed by atoms with E-state index in [4.69, 9.17) is 0 Å². The van der Waals surface area contributed by atoms with Crippen LogP contribution in [-0.2, 0) is 0 Å². The maximum absolute atomic E-state index is 11.6. The zero-order valence-corrected chi connectivity index (χ0v) is 10.2. The lowest BCUT2D eigenvalue weighted by atomic mass is 10.1. The van der Waals surface area contributed by atoms with Gasteiger partial charge < -0.3 is 20.2 Å². The molecular formula is C8H6N4O4S2. The van der Waals surface area contributed by atoms with Crippen LogP contribution in [0.15, 0.2) is 9.59 Å². The first kappa shape index (κ1) is 12.3. The topological polar surface area (TPSA) is 138 Å². The van der Waals surface area contributed by atoms with E-state index in [-0.39, 0.29) is 9.54 Å². The van der Waals surface area contributed by atoms with Gasteiger partial charge in [-0.05, 0) is 24.4 Å². The molecule has 6 N–H and O–H groups in total. The van der Waals surface area contributed by atoms with Crippen molar-refractivity contribution in [3.05, 3.63) is 30.2 Å². The molecule has 0 spiro atoms. The summed E-state index contributed by atoms with van der Waals surface area (Å²) in [7, 11) is 0. The molecule has 2 aromatic heterocycles. The van der Waals surface area contributed by atoms with Gasteiger partial charge in [-0.3, -0.25) is 19.6 Å². The summed E-state index contributed by atoms with van der Waals surface area (Å²) in [5.74, 6) is -1.26. The minimum Gasteiger partial charge on any atom is -0.494 e. The standard InChI is InChI=1S/C8H6N4O4S2/c13-3-1(4(14)10-7(17)9-3)2-5(15)11-8(18)12-6(2)16/h(H3,9,10,13,14,17)(H3,11,12,15,16,18). The van der Waals surface area contributed by atoms with Gasteiger partial charge in [-0.25, -0.2) is 0 Å². The largest absolute Gasteiger partial charge is 0.494 e. The number of aromatic nitrogens is 4. The molecule has 2 heterocycles. The molecule has 0 saturated heterocycles. The number of aromatic amines is 4. The van der Waals surface area contributed by atoms with Crippen LogP contribution in [0.1, 0.15) is 0 Å². The van der Waals surface area contributed by atoms with Crippen molar-refractivity contribution in [2.24, 2.45) is 0 Å². The lowest BCUT2D eigenvalue weighted by molar-refractivity contribution is 0.442. The van der Waals surface area contributed by atoms with Crippen LogP contribution < -0.4 is 11.1 Å². The predicted octanol–water partition coefficient (Wildman–Crippen LogP) is 0.257. The average molecular weight is 286 g/mol. The average Bonchev–Trinajstić information content (AvgIpc) is 2.20. The molecule has 0 aromatic carbocycles. The number of H-pyrrole nitrogens is 4. The van der Waals surface area contributed by atoms with Gasteiger partial charge in [0.05, 0.1) is 0 Å². The molecule has 0 aliphatic rings. The van der Waals surface area contributed by atoms with Crippen molar-refractivity contribution < 1.29 is 10.2 Å². The quantitative estimate of drug-likeness (QED) is 0.416. The molecule has 2 rings (SSSR count). The Labute approximate surface area is 108 Å². The van der Waals surface area contributed by atoms with Crippen molar-refractivity contribution in [1.82, 2.24) is 19.9 Å². The molecule has 0 amide bonds. The van der Waals surface area contributed by atoms with Crippen molar-refractivity contribution >= 4 is 24.4 Å². The van der Waals surface area contributed by atoms with Crippen LogP contribution in [0.25, 0.3) is 11.1 Å². The third-order valence-electron chi connectivity index (χ3n) is 2.10. The molecule has 0 radical (unpaired) electrons. The zero-order valence-electron chi connectivity index (χ0n) is 8.53. The number of hydrogen-bond acceptors (Lipinski definition) is 6. The third kappa shape index (κ3) is 1.98. The molecule has 0 bridgehead atoms. The third-order valence-corrected chi connectivity index (χ3v) is 2.50. The van der Waals surface area contributed by atoms with Gasteiger partial charge in [-0.1, -0.05) is 0 Å². The molecule has 0 unspecified atom stereocenters. The fraction of sp³-hybridized carbons (Fsp3) is 0. The maximum Gasteiger partial charge on any atom is 0.263 e. The smallest absolute Gasteiger partial charge is 0.263 e. The Kier molecular flexibility index (Phi) is 2.88. The first-order valence-corrected chi connectivity index (χ1v) is 5.33. The van der Waals surface area contributed by atoms with E-state index in [0.717, 1.165) is 0 Å². The van der Waals surface area contributed by atoms with Crippen molar-refractivity contribution in [2.75, 3.05) is 0 Å². The van der Waals surface area contributed by atoms with E-state index >= 15 is 0 Å². The van der Waals surface area contributed by atoms with Crippen LogP contribution in [0.3, 0.4) is 0 Å². The Morgan fingerprint density at radius 1 is 0.722 bits per heavy atom. The van der Waals surface area contributed by atoms with E-state index in [2.05, 4.69) is 44.4 Å². The van der Waals surface area contributed by atoms with Gasteiger partial charge in [-0.2, -0.15) is 0 Å². The lowest BCUT2D eigenvalue weighted by Crippen LogP contribution is -2.18. The van der Waals surface area contributed by atoms with Crippen molar-refractivity contribution in [2.45, 2.75) is 0 Å². The summed E-state index contributed by atoms with van der Waals surface area (Å²) in [6, 6.07) is 0. The molecule has 0 aliphatic carbocycles. The Morgan fingerprint density at radius 2 is 1.06 bits per heavy atom. The number of nitrogens with one attached hydrogen (secondary N) is 4. The zero-order chi connectivity index (χ0) is 13.4. The predicted molar refractivity (Wildman–Crippen MR) is 66.8 cm³/mol. The SMILES string of the molecule is O=c1[nH]c(=S)[nH]c(O)c1-c1c(O)[nH]c(=S)[nH]c1=O. The fourth-order valence-electron chi connectivity index (χ4n) is 1.41. The normalized spacial score (nSPS) is 10.4. The second-order valence-corrected chi connectivity index (χ2v) is 4.08. The molecule has 0 saturated carbocycles. The van der Waals surface area contributed by atoms with Crippen molar-refractivity contribution in [1.29, 1.82) is 0 Å². The van der Waals surface area contributed by atoms with E-state index < -0.39 is 34.0 Å². The molecule has 94 valence electrons. The highest BCUT2D eigenvalue weighted by molar-refractivity contribution is 7.71. The molecule has 18 heavy (non-hydrogen) atoms. The van der Waals surface area contributed by atoms with Gasteiger partial charge in [0.2, 0.25) is 11.8 Å². The van der Waals surface area contributed by atoms with Crippen LogP contribution in [0.5, 0.6) is 11.8 Å². The Balaban J connectivity index is 2.95. The number of aromatic hydroxyl groups is 2. The summed E-state index contributed by atoms with van der Waals surface area (Å²) in [5.41, 5.74) is -2.51. The summed E-state index contributed by atoms with van der Waals surface area (Å²) in [5, 5.41) is 19.2. The Morgan fingerprint density at radius 3 is 1.33 bits per heavy atom. The van der Waals surface area contributed by atoms with Crippen LogP contribution in [-0.4, -0.2) is 30.1 Å². The first-order chi connectivity index (χ1) is 8.40. The highest BCUT2D eigenvalue weighted by atomic mass is 32.1. The summed E-state index contributed by atoms with van der Waals surface area (Å²) in [4.78, 5) is 32.2. The van der Waals surface area contributed by atoms with Gasteiger partial charge in [0, 0.05) is 0 Å². The molecule has 0 aliphatic heterocycles. The number of hydrogen-bond donors (Lipinski definition) is 6. The van der Waals surface area contributed by atoms with E-state index in [1.165, 1.54) is 0 Å². The Hall–Kier alpha value is -2.20. The molecule has 2 aromatic rings. The molecular weight excluding hydrogens is 280 g/mol. The summed E-state index contributed by atoms with van der Waals surface area (Å²) in [6.45, 7) is 0. The van der Waals surface area contributed by atoms with Gasteiger partial charge >= 0.3 is 0 Å². The highest BCUT2D eigenvalue weighted by Crippen LogP contribution is 2.25. The molecule has 10 heteroatoms. The summed E-state index contributed by atoms with van der Waals surface area (Å²) < 4.78 is -0.220. The summed E-state index contributed by atoms with van der Waals surface area (Å²) >= 11 is 9.28. The second-order valence-electron chi connectivity index (χ2n) is 3.26. The molecule has 8 nitrogen and oxygen atoms in total. The van der Waals surface area contributed by atoms with Gasteiger partial charge in [-0.15, -0.1) is 0 Å². The lowest BCUT2D eigenvalue weighted by Gasteiger charge is -2.04. The van der Waals surface area contributed by atoms with Gasteiger partial charge in [0.25, 0.3) is 11.1 Å². The van der Waals surface area contributed by atoms with Crippen LogP contribution in [0.4, 0.5) is 0 Å². The first-order valence-electron chi connectivity index (χ1n) is 4.51. The van der Waals surface area contributed by atoms with Crippen LogP contribution >= 0.6 is 24.4 Å². The van der Waals surface area contributed by atoms with Gasteiger partial charge in [0.15, 0.2) is 9.54 Å². The van der Waals surface area contributed by atoms with Crippen LogP contribution in [0.2, 0.25) is 0 Å². The Bertz CT molecular complexity index is 772. The van der Waals surface area contributed by atoms with Crippen molar-refractivity contribution in [3.63, 3.8) is 0 Å². The van der Waals surface area contributed by atoms with Crippen LogP contribution in [0, 0.1) is 9.54 Å². The highest BCUT2D eigenvalue weighted by Gasteiger charge is 2.18. The minimum atomic E-state index is -0.817. The minimum absolute atomic E-state index is 0.110. The summed E-state index contributed by atoms with van der Waals surface area (Å²) in [6.07, 6.45) is 0. The van der Waals surface area contributed by atoms with E-state index in [1.54, 1.807) is 0 Å². The van der Waals surface area contributed by atoms with E-state index in [0.29, 0.717) is 0 Å². The second kappa shape index (κ2) is 4.23.